The summed E-state index contributed by atoms with van der Waals surface area (Å²) >= 11 is 1.09. The number of ether oxygens (including phenoxy) is 1. The number of rotatable bonds is 5. The van der Waals surface area contributed by atoms with Gasteiger partial charge in [-0.2, -0.15) is 5.26 Å². The number of benzene rings is 2. The number of carbonyl (C=O) groups is 3. The number of nitrogens with zero attached hydrogens (tertiary/aromatic N) is 3. The Morgan fingerprint density at radius 1 is 1.07 bits per heavy atom. The molecule has 0 atom stereocenters. The van der Waals surface area contributed by atoms with Crippen LogP contribution in [0.25, 0.3) is 6.08 Å². The molecular formula is C21H14N4O4S. The van der Waals surface area contributed by atoms with E-state index in [2.05, 4.69) is 10.3 Å². The van der Waals surface area contributed by atoms with Crippen LogP contribution in [0.1, 0.15) is 26.3 Å². The summed E-state index contributed by atoms with van der Waals surface area (Å²) in [7, 11) is 0. The van der Waals surface area contributed by atoms with Crippen LogP contribution in [0, 0.1) is 11.5 Å². The minimum absolute atomic E-state index is 0.149. The zero-order valence-corrected chi connectivity index (χ0v) is 16.3. The van der Waals surface area contributed by atoms with E-state index in [4.69, 9.17) is 10.00 Å². The van der Waals surface area contributed by atoms with Gasteiger partial charge >= 0.3 is 0 Å². The molecule has 4 rings (SSSR count). The fourth-order valence-corrected chi connectivity index (χ4v) is 3.81. The summed E-state index contributed by atoms with van der Waals surface area (Å²) in [5, 5.41) is 11.3. The third-order valence-corrected chi connectivity index (χ3v) is 5.35. The number of amides is 3. The van der Waals surface area contributed by atoms with Crippen LogP contribution < -0.4 is 10.1 Å². The van der Waals surface area contributed by atoms with Crippen LogP contribution in [-0.4, -0.2) is 40.9 Å². The molecule has 2 aromatic carbocycles. The van der Waals surface area contributed by atoms with Gasteiger partial charge in [0.2, 0.25) is 6.19 Å². The lowest BCUT2D eigenvalue weighted by atomic mass is 10.1. The van der Waals surface area contributed by atoms with Crippen molar-refractivity contribution in [2.75, 3.05) is 13.2 Å². The van der Waals surface area contributed by atoms with Crippen LogP contribution in [0.15, 0.2) is 58.4 Å². The summed E-state index contributed by atoms with van der Waals surface area (Å²) in [5.41, 5.74) is 1.60. The molecule has 0 aliphatic carbocycles. The van der Waals surface area contributed by atoms with Crippen LogP contribution in [0.5, 0.6) is 5.75 Å². The van der Waals surface area contributed by atoms with E-state index in [1.165, 1.54) is 4.90 Å². The van der Waals surface area contributed by atoms with E-state index in [9.17, 15) is 14.4 Å². The molecule has 3 amide bonds. The second kappa shape index (κ2) is 8.23. The van der Waals surface area contributed by atoms with Crippen molar-refractivity contribution in [1.29, 1.82) is 5.26 Å². The quantitative estimate of drug-likeness (QED) is 0.453. The van der Waals surface area contributed by atoms with Gasteiger partial charge in [0, 0.05) is 0 Å². The van der Waals surface area contributed by atoms with Crippen LogP contribution in [0.4, 0.5) is 0 Å². The number of nitrogens with one attached hydrogen (secondary N) is 1. The lowest BCUT2D eigenvalue weighted by Gasteiger charge is -2.14. The normalized spacial score (nSPS) is 18.0. The molecule has 0 unspecified atom stereocenters. The average molecular weight is 418 g/mol. The molecule has 0 bridgehead atoms. The average Bonchev–Trinajstić information content (AvgIpc) is 3.21. The maximum absolute atomic E-state index is 12.3. The molecule has 2 aliphatic heterocycles. The van der Waals surface area contributed by atoms with Crippen molar-refractivity contribution in [3.8, 4) is 11.9 Å². The summed E-state index contributed by atoms with van der Waals surface area (Å²) in [5.74, 6) is -0.361. The predicted molar refractivity (Wildman–Crippen MR) is 111 cm³/mol. The molecular weight excluding hydrogens is 404 g/mol. The molecule has 2 aliphatic rings. The van der Waals surface area contributed by atoms with Gasteiger partial charge in [-0.3, -0.25) is 24.6 Å². The third-order valence-electron chi connectivity index (χ3n) is 4.44. The van der Waals surface area contributed by atoms with Crippen molar-refractivity contribution >= 4 is 40.7 Å². The highest BCUT2D eigenvalue weighted by Crippen LogP contribution is 2.26. The highest BCUT2D eigenvalue weighted by atomic mass is 32.2. The first kappa shape index (κ1) is 19.4. The zero-order chi connectivity index (χ0) is 21.1. The highest BCUT2D eigenvalue weighted by Gasteiger charge is 2.34. The van der Waals surface area contributed by atoms with Gasteiger partial charge in [-0.1, -0.05) is 24.3 Å². The molecule has 2 heterocycles. The topological polar surface area (TPSA) is 112 Å². The SMILES string of the molecule is N#CN=C1NC(=O)C(=Cc2ccc(OCCN3C(=O)c4ccccc4C3=O)cc2)S1. The van der Waals surface area contributed by atoms with E-state index in [0.29, 0.717) is 21.8 Å². The first-order chi connectivity index (χ1) is 14.6. The first-order valence-corrected chi connectivity index (χ1v) is 9.74. The molecule has 0 radical (unpaired) electrons. The van der Waals surface area contributed by atoms with Gasteiger partial charge in [0.05, 0.1) is 22.6 Å². The Hall–Kier alpha value is -3.90. The minimum atomic E-state index is -0.312. The summed E-state index contributed by atoms with van der Waals surface area (Å²) in [6, 6.07) is 13.8. The van der Waals surface area contributed by atoms with Crippen LogP contribution in [0.2, 0.25) is 0 Å². The molecule has 0 saturated carbocycles. The van der Waals surface area contributed by atoms with Gasteiger partial charge in [-0.25, -0.2) is 0 Å². The van der Waals surface area contributed by atoms with Gasteiger partial charge in [-0.05, 0) is 47.7 Å². The summed E-state index contributed by atoms with van der Waals surface area (Å²) in [6.45, 7) is 0.314. The van der Waals surface area contributed by atoms with Crippen molar-refractivity contribution < 1.29 is 19.1 Å². The number of hydrogen-bond acceptors (Lipinski definition) is 7. The number of amidine groups is 1. The molecule has 1 saturated heterocycles. The lowest BCUT2D eigenvalue weighted by molar-refractivity contribution is -0.115. The number of imide groups is 1. The van der Waals surface area contributed by atoms with Crippen molar-refractivity contribution in [1.82, 2.24) is 10.2 Å². The number of thioether (sulfide) groups is 1. The van der Waals surface area contributed by atoms with E-state index < -0.39 is 0 Å². The first-order valence-electron chi connectivity index (χ1n) is 8.92. The Morgan fingerprint density at radius 2 is 1.73 bits per heavy atom. The molecule has 148 valence electrons. The largest absolute Gasteiger partial charge is 0.492 e. The fourth-order valence-electron chi connectivity index (χ4n) is 3.03. The van der Waals surface area contributed by atoms with Gasteiger partial charge in [0.1, 0.15) is 12.4 Å². The molecule has 30 heavy (non-hydrogen) atoms. The van der Waals surface area contributed by atoms with Gasteiger partial charge in [-0.15, -0.1) is 4.99 Å². The molecule has 2 aromatic rings. The van der Waals surface area contributed by atoms with E-state index in [1.54, 1.807) is 60.8 Å². The molecule has 0 aromatic heterocycles. The van der Waals surface area contributed by atoms with Gasteiger partial charge in [0.15, 0.2) is 5.17 Å². The smallest absolute Gasteiger partial charge is 0.264 e. The van der Waals surface area contributed by atoms with E-state index >= 15 is 0 Å². The molecule has 0 spiro atoms. The standard InChI is InChI=1S/C21H14N4O4S/c22-12-23-21-24-18(26)17(30-21)11-13-5-7-14(8-6-13)29-10-9-25-19(27)15-3-1-2-4-16(15)20(25)28/h1-8,11H,9-10H2,(H,23,24,26). The second-order valence-electron chi connectivity index (χ2n) is 6.31. The summed E-state index contributed by atoms with van der Waals surface area (Å²) in [6.07, 6.45) is 3.32. The maximum Gasteiger partial charge on any atom is 0.264 e. The van der Waals surface area contributed by atoms with Crippen molar-refractivity contribution in [2.45, 2.75) is 0 Å². The number of nitriles is 1. The Balaban J connectivity index is 1.34. The second-order valence-corrected chi connectivity index (χ2v) is 7.34. The summed E-state index contributed by atoms with van der Waals surface area (Å²) in [4.78, 5) is 41.6. The van der Waals surface area contributed by atoms with Crippen molar-refractivity contribution in [2.24, 2.45) is 4.99 Å². The fraction of sp³-hybridized carbons (Fsp3) is 0.0952. The molecule has 1 fully saturated rings. The highest BCUT2D eigenvalue weighted by molar-refractivity contribution is 8.18. The molecule has 1 N–H and O–H groups in total. The van der Waals surface area contributed by atoms with Crippen LogP contribution >= 0.6 is 11.8 Å². The Kier molecular flexibility index (Phi) is 5.32. The Morgan fingerprint density at radius 3 is 2.37 bits per heavy atom. The number of hydrogen-bond donors (Lipinski definition) is 1. The Bertz CT molecular complexity index is 1110. The monoisotopic (exact) mass is 418 g/mol. The minimum Gasteiger partial charge on any atom is -0.492 e. The lowest BCUT2D eigenvalue weighted by Crippen LogP contribution is -2.33. The predicted octanol–water partition coefficient (Wildman–Crippen LogP) is 2.40. The van der Waals surface area contributed by atoms with Crippen molar-refractivity contribution in [3.63, 3.8) is 0 Å². The van der Waals surface area contributed by atoms with E-state index in [1.807, 2.05) is 0 Å². The number of aliphatic imine (C=N–C) groups is 1. The number of fused-ring (bicyclic) bond motifs is 1. The van der Waals surface area contributed by atoms with Gasteiger partial charge in [0.25, 0.3) is 17.7 Å². The van der Waals surface area contributed by atoms with Crippen molar-refractivity contribution in [3.05, 3.63) is 70.1 Å². The van der Waals surface area contributed by atoms with Crippen LogP contribution in [-0.2, 0) is 4.79 Å². The summed E-state index contributed by atoms with van der Waals surface area (Å²) < 4.78 is 5.65. The van der Waals surface area contributed by atoms with Crippen LogP contribution in [0.3, 0.4) is 0 Å². The Labute approximate surface area is 175 Å². The zero-order valence-electron chi connectivity index (χ0n) is 15.5. The molecule has 8 nitrogen and oxygen atoms in total. The maximum atomic E-state index is 12.3. The van der Waals surface area contributed by atoms with Gasteiger partial charge < -0.3 is 4.74 Å². The van der Waals surface area contributed by atoms with E-state index in [0.717, 1.165) is 17.3 Å². The molecule has 9 heteroatoms. The third kappa shape index (κ3) is 3.81. The number of carbonyl (C=O) groups excluding carboxylic acids is 3. The van der Waals surface area contributed by atoms with E-state index in [-0.39, 0.29) is 36.0 Å².